The number of nitrogens with zero attached hydrogens (tertiary/aromatic N) is 4. The van der Waals surface area contributed by atoms with Crippen LogP contribution >= 0.6 is 0 Å². The van der Waals surface area contributed by atoms with Crippen LogP contribution in [-0.4, -0.2) is 33.1 Å². The van der Waals surface area contributed by atoms with Crippen LogP contribution < -0.4 is 10.2 Å². The average Bonchev–Trinajstić information content (AvgIpc) is 3.27. The smallest absolute Gasteiger partial charge is 0.229 e. The Morgan fingerprint density at radius 3 is 2.79 bits per heavy atom. The van der Waals surface area contributed by atoms with Crippen molar-refractivity contribution in [3.8, 4) is 0 Å². The van der Waals surface area contributed by atoms with Crippen molar-refractivity contribution in [1.82, 2.24) is 14.8 Å². The molecule has 0 radical (unpaired) electrons. The summed E-state index contributed by atoms with van der Waals surface area (Å²) in [6.45, 7) is 8.50. The number of nitrogens with one attached hydrogen (secondary N) is 1. The van der Waals surface area contributed by atoms with Crippen LogP contribution in [0.1, 0.15) is 37.4 Å². The molecule has 1 aromatic carbocycles. The van der Waals surface area contributed by atoms with E-state index in [0.29, 0.717) is 12.2 Å². The fourth-order valence-electron chi connectivity index (χ4n) is 3.77. The van der Waals surface area contributed by atoms with Crippen molar-refractivity contribution >= 4 is 34.2 Å². The van der Waals surface area contributed by atoms with Gasteiger partial charge in [0.25, 0.3) is 0 Å². The lowest BCUT2D eigenvalue weighted by Crippen LogP contribution is -2.28. The molecule has 1 aliphatic rings. The number of aromatic nitrogens is 3. The quantitative estimate of drug-likeness (QED) is 0.737. The Bertz CT molecular complexity index is 1100. The molecule has 1 fully saturated rings. The van der Waals surface area contributed by atoms with Gasteiger partial charge in [-0.15, -0.1) is 0 Å². The third-order valence-corrected chi connectivity index (χ3v) is 5.55. The molecule has 2 aromatic heterocycles. The monoisotopic (exact) mass is 391 g/mol. The summed E-state index contributed by atoms with van der Waals surface area (Å²) in [5.74, 6) is -0.578. The van der Waals surface area contributed by atoms with Gasteiger partial charge in [-0.3, -0.25) is 9.59 Å². The minimum absolute atomic E-state index is 0.0226. The van der Waals surface area contributed by atoms with Gasteiger partial charge in [-0.25, -0.2) is 9.67 Å². The standard InChI is InChI=1S/C22H25N5O2/c1-13(2)27-21-16(10-24-27)8-18(11-23-21)25-22(29)17-9-20(28)26(12-17)19-7-5-6-14(3)15(19)4/h5-8,10-11,13,17H,9,12H2,1-4H3,(H,25,29). The van der Waals surface area contributed by atoms with Crippen LogP contribution in [0.15, 0.2) is 36.7 Å². The molecule has 0 saturated carbocycles. The van der Waals surface area contributed by atoms with Crippen molar-refractivity contribution in [2.75, 3.05) is 16.8 Å². The van der Waals surface area contributed by atoms with Crippen LogP contribution in [0.4, 0.5) is 11.4 Å². The van der Waals surface area contributed by atoms with E-state index in [2.05, 4.69) is 15.4 Å². The predicted molar refractivity (Wildman–Crippen MR) is 113 cm³/mol. The molecule has 3 aromatic rings. The van der Waals surface area contributed by atoms with E-state index in [9.17, 15) is 9.59 Å². The number of benzene rings is 1. The Morgan fingerprint density at radius 2 is 2.03 bits per heavy atom. The van der Waals surface area contributed by atoms with Crippen molar-refractivity contribution in [3.63, 3.8) is 0 Å². The minimum Gasteiger partial charge on any atom is -0.324 e. The molecular weight excluding hydrogens is 366 g/mol. The second-order valence-corrected chi connectivity index (χ2v) is 7.93. The van der Waals surface area contributed by atoms with E-state index >= 15 is 0 Å². The molecule has 3 heterocycles. The Balaban J connectivity index is 1.50. The second-order valence-electron chi connectivity index (χ2n) is 7.93. The van der Waals surface area contributed by atoms with Gasteiger partial charge < -0.3 is 10.2 Å². The van der Waals surface area contributed by atoms with Gasteiger partial charge in [0.05, 0.1) is 24.0 Å². The van der Waals surface area contributed by atoms with E-state index in [1.807, 2.05) is 56.6 Å². The van der Waals surface area contributed by atoms with Gasteiger partial charge in [-0.2, -0.15) is 5.10 Å². The lowest BCUT2D eigenvalue weighted by Gasteiger charge is -2.20. The molecule has 7 nitrogen and oxygen atoms in total. The number of carbonyl (C=O) groups excluding carboxylic acids is 2. The van der Waals surface area contributed by atoms with E-state index in [4.69, 9.17) is 0 Å². The number of hydrogen-bond donors (Lipinski definition) is 1. The van der Waals surface area contributed by atoms with Gasteiger partial charge in [0.2, 0.25) is 11.8 Å². The van der Waals surface area contributed by atoms with Crippen molar-refractivity contribution in [3.05, 3.63) is 47.8 Å². The molecule has 1 unspecified atom stereocenters. The van der Waals surface area contributed by atoms with Crippen molar-refractivity contribution in [2.24, 2.45) is 5.92 Å². The molecule has 1 atom stereocenters. The molecule has 1 saturated heterocycles. The molecular formula is C22H25N5O2. The zero-order valence-electron chi connectivity index (χ0n) is 17.1. The number of aryl methyl sites for hydroxylation is 1. The molecule has 4 rings (SSSR count). The number of hydrogen-bond acceptors (Lipinski definition) is 4. The van der Waals surface area contributed by atoms with E-state index in [-0.39, 0.29) is 24.3 Å². The van der Waals surface area contributed by atoms with Gasteiger partial charge in [0, 0.05) is 30.1 Å². The molecule has 29 heavy (non-hydrogen) atoms. The van der Waals surface area contributed by atoms with Gasteiger partial charge >= 0.3 is 0 Å². The Kier molecular flexibility index (Phi) is 4.82. The highest BCUT2D eigenvalue weighted by Crippen LogP contribution is 2.30. The molecule has 0 spiro atoms. The summed E-state index contributed by atoms with van der Waals surface area (Å²) in [7, 11) is 0. The third-order valence-electron chi connectivity index (χ3n) is 5.55. The first kappa shape index (κ1) is 19.1. The van der Waals surface area contributed by atoms with Gasteiger partial charge in [0.1, 0.15) is 0 Å². The highest BCUT2D eigenvalue weighted by Gasteiger charge is 2.35. The van der Waals surface area contributed by atoms with Gasteiger partial charge in [0.15, 0.2) is 5.65 Å². The summed E-state index contributed by atoms with van der Waals surface area (Å²) >= 11 is 0. The molecule has 0 bridgehead atoms. The predicted octanol–water partition coefficient (Wildman–Crippen LogP) is 3.62. The molecule has 150 valence electrons. The number of anilines is 2. The normalized spacial score (nSPS) is 16.8. The van der Waals surface area contributed by atoms with E-state index in [1.165, 1.54) is 0 Å². The summed E-state index contributed by atoms with van der Waals surface area (Å²) in [6, 6.07) is 7.97. The van der Waals surface area contributed by atoms with Crippen LogP contribution in [0.3, 0.4) is 0 Å². The largest absolute Gasteiger partial charge is 0.324 e. The van der Waals surface area contributed by atoms with Crippen LogP contribution in [0, 0.1) is 19.8 Å². The van der Waals surface area contributed by atoms with Crippen LogP contribution in [0.25, 0.3) is 11.0 Å². The molecule has 0 aliphatic carbocycles. The first-order valence-electron chi connectivity index (χ1n) is 9.86. The molecule has 7 heteroatoms. The summed E-state index contributed by atoms with van der Waals surface area (Å²) in [6.07, 6.45) is 3.60. The summed E-state index contributed by atoms with van der Waals surface area (Å²) in [5.41, 5.74) is 4.48. The summed E-state index contributed by atoms with van der Waals surface area (Å²) in [4.78, 5) is 31.5. The average molecular weight is 391 g/mol. The van der Waals surface area contributed by atoms with E-state index in [0.717, 1.165) is 27.8 Å². The third kappa shape index (κ3) is 3.48. The number of fused-ring (bicyclic) bond motifs is 1. The van der Waals surface area contributed by atoms with Gasteiger partial charge in [-0.1, -0.05) is 12.1 Å². The molecule has 1 aliphatic heterocycles. The maximum absolute atomic E-state index is 12.8. The fraction of sp³-hybridized carbons (Fsp3) is 0.364. The fourth-order valence-corrected chi connectivity index (χ4v) is 3.77. The minimum atomic E-state index is -0.392. The highest BCUT2D eigenvalue weighted by atomic mass is 16.2. The lowest BCUT2D eigenvalue weighted by molar-refractivity contribution is -0.122. The number of amides is 2. The second kappa shape index (κ2) is 7.31. The zero-order valence-corrected chi connectivity index (χ0v) is 17.1. The zero-order chi connectivity index (χ0) is 20.7. The lowest BCUT2D eigenvalue weighted by atomic mass is 10.1. The Morgan fingerprint density at radius 1 is 1.24 bits per heavy atom. The van der Waals surface area contributed by atoms with Crippen molar-refractivity contribution in [1.29, 1.82) is 0 Å². The number of pyridine rings is 1. The van der Waals surface area contributed by atoms with Crippen LogP contribution in [0.5, 0.6) is 0 Å². The number of carbonyl (C=O) groups is 2. The topological polar surface area (TPSA) is 80.1 Å². The maximum atomic E-state index is 12.8. The van der Waals surface area contributed by atoms with E-state index in [1.54, 1.807) is 17.3 Å². The first-order valence-corrected chi connectivity index (χ1v) is 9.86. The summed E-state index contributed by atoms with van der Waals surface area (Å²) < 4.78 is 1.85. The van der Waals surface area contributed by atoms with Gasteiger partial charge in [-0.05, 0) is 51.0 Å². The molecule has 1 N–H and O–H groups in total. The van der Waals surface area contributed by atoms with Crippen LogP contribution in [-0.2, 0) is 9.59 Å². The van der Waals surface area contributed by atoms with E-state index < -0.39 is 5.92 Å². The van der Waals surface area contributed by atoms with Crippen LogP contribution in [0.2, 0.25) is 0 Å². The van der Waals surface area contributed by atoms with Crippen molar-refractivity contribution < 1.29 is 9.59 Å². The SMILES string of the molecule is Cc1cccc(N2CC(C(=O)Nc3cnc4c(cnn4C(C)C)c3)CC2=O)c1C. The maximum Gasteiger partial charge on any atom is 0.229 e. The first-order chi connectivity index (χ1) is 13.8. The van der Waals surface area contributed by atoms with Crippen molar-refractivity contribution in [2.45, 2.75) is 40.2 Å². The summed E-state index contributed by atoms with van der Waals surface area (Å²) in [5, 5.41) is 8.14. The Hall–Kier alpha value is -3.22. The number of rotatable bonds is 4. The highest BCUT2D eigenvalue weighted by molar-refractivity contribution is 6.04. The Labute approximate surface area is 169 Å². The molecule has 2 amide bonds.